The highest BCUT2D eigenvalue weighted by Gasteiger charge is 2.10. The Kier molecular flexibility index (Phi) is 4.79. The van der Waals surface area contributed by atoms with Crippen LogP contribution in [0.4, 0.5) is 5.69 Å². The number of nitrogens with one attached hydrogen (secondary N) is 1. The van der Waals surface area contributed by atoms with E-state index in [0.717, 1.165) is 16.3 Å². The van der Waals surface area contributed by atoms with Gasteiger partial charge in [-0.25, -0.2) is 9.97 Å². The summed E-state index contributed by atoms with van der Waals surface area (Å²) in [4.78, 5) is 24.6. The minimum absolute atomic E-state index is 0.00793. The van der Waals surface area contributed by atoms with E-state index in [1.807, 2.05) is 30.3 Å². The molecule has 0 spiro atoms. The number of amides is 1. The summed E-state index contributed by atoms with van der Waals surface area (Å²) in [5.41, 5.74) is 1.79. The second-order valence-electron chi connectivity index (χ2n) is 6.06. The monoisotopic (exact) mass is 372 g/mol. The standard InChI is InChI=1S/C21H16N4O3/c26-17-4-6-19(24-12-17)20(27)25-16-3-5-18-15(10-16)7-9-23-21(18)28-13-14-2-1-8-22-11-14/h1-12,26H,13H2,(H,25,27). The minimum Gasteiger partial charge on any atom is -0.506 e. The van der Waals surface area contributed by atoms with Gasteiger partial charge in [0.1, 0.15) is 18.1 Å². The van der Waals surface area contributed by atoms with Gasteiger partial charge in [-0.15, -0.1) is 0 Å². The van der Waals surface area contributed by atoms with Crippen LogP contribution in [0.15, 0.2) is 73.3 Å². The van der Waals surface area contributed by atoms with Gasteiger partial charge in [0.25, 0.3) is 5.91 Å². The highest BCUT2D eigenvalue weighted by Crippen LogP contribution is 2.26. The van der Waals surface area contributed by atoms with Gasteiger partial charge in [-0.1, -0.05) is 6.07 Å². The fraction of sp³-hybridized carbons (Fsp3) is 0.0476. The molecule has 0 bridgehead atoms. The number of aromatic hydroxyl groups is 1. The lowest BCUT2D eigenvalue weighted by Gasteiger charge is -2.10. The quantitative estimate of drug-likeness (QED) is 0.556. The molecule has 4 aromatic rings. The van der Waals surface area contributed by atoms with Crippen LogP contribution in [-0.2, 0) is 6.61 Å². The molecule has 28 heavy (non-hydrogen) atoms. The van der Waals surface area contributed by atoms with Gasteiger partial charge < -0.3 is 15.2 Å². The fourth-order valence-electron chi connectivity index (χ4n) is 2.69. The van der Waals surface area contributed by atoms with Gasteiger partial charge in [0, 0.05) is 35.2 Å². The number of aromatic nitrogens is 3. The molecule has 0 saturated heterocycles. The number of anilines is 1. The SMILES string of the molecule is O=C(Nc1ccc2c(OCc3cccnc3)nccc2c1)c1ccc(O)cn1. The van der Waals surface area contributed by atoms with E-state index in [9.17, 15) is 9.90 Å². The predicted molar refractivity (Wildman–Crippen MR) is 104 cm³/mol. The molecule has 1 aromatic carbocycles. The van der Waals surface area contributed by atoms with E-state index in [2.05, 4.69) is 20.3 Å². The minimum atomic E-state index is -0.360. The molecule has 0 aliphatic rings. The topological polar surface area (TPSA) is 97.2 Å². The highest BCUT2D eigenvalue weighted by molar-refractivity contribution is 6.04. The molecule has 0 unspecified atom stereocenters. The van der Waals surface area contributed by atoms with E-state index in [1.54, 1.807) is 24.7 Å². The van der Waals surface area contributed by atoms with Crippen molar-refractivity contribution >= 4 is 22.4 Å². The number of rotatable bonds is 5. The summed E-state index contributed by atoms with van der Waals surface area (Å²) in [6.07, 6.45) is 6.35. The molecule has 138 valence electrons. The van der Waals surface area contributed by atoms with Crippen molar-refractivity contribution in [1.29, 1.82) is 0 Å². The molecule has 4 rings (SSSR count). The predicted octanol–water partition coefficient (Wildman–Crippen LogP) is 3.56. The summed E-state index contributed by atoms with van der Waals surface area (Å²) in [6, 6.07) is 14.0. The summed E-state index contributed by atoms with van der Waals surface area (Å²) < 4.78 is 5.83. The molecule has 0 fully saturated rings. The Morgan fingerprint density at radius 1 is 1.04 bits per heavy atom. The van der Waals surface area contributed by atoms with Crippen LogP contribution < -0.4 is 10.1 Å². The third-order valence-electron chi connectivity index (χ3n) is 4.06. The maximum atomic E-state index is 12.3. The molecule has 0 aliphatic heterocycles. The summed E-state index contributed by atoms with van der Waals surface area (Å²) in [7, 11) is 0. The van der Waals surface area contributed by atoms with E-state index < -0.39 is 0 Å². The van der Waals surface area contributed by atoms with E-state index >= 15 is 0 Å². The first-order valence-electron chi connectivity index (χ1n) is 8.56. The number of carbonyl (C=O) groups is 1. The molecule has 7 heteroatoms. The number of nitrogens with zero attached hydrogens (tertiary/aromatic N) is 3. The van der Waals surface area contributed by atoms with Crippen LogP contribution in [0.25, 0.3) is 10.8 Å². The molecule has 0 radical (unpaired) electrons. The number of ether oxygens (including phenoxy) is 1. The van der Waals surface area contributed by atoms with E-state index in [0.29, 0.717) is 18.2 Å². The molecule has 3 heterocycles. The average molecular weight is 372 g/mol. The van der Waals surface area contributed by atoms with Crippen LogP contribution in [-0.4, -0.2) is 26.0 Å². The number of fused-ring (bicyclic) bond motifs is 1. The van der Waals surface area contributed by atoms with E-state index in [1.165, 1.54) is 18.3 Å². The summed E-state index contributed by atoms with van der Waals surface area (Å²) in [5.74, 6) is 0.162. The number of hydrogen-bond acceptors (Lipinski definition) is 6. The largest absolute Gasteiger partial charge is 0.506 e. The number of pyridine rings is 3. The van der Waals surface area contributed by atoms with E-state index in [-0.39, 0.29) is 17.4 Å². The first-order valence-corrected chi connectivity index (χ1v) is 8.56. The van der Waals surface area contributed by atoms with Crippen molar-refractivity contribution in [2.45, 2.75) is 6.61 Å². The number of hydrogen-bond donors (Lipinski definition) is 2. The molecule has 0 saturated carbocycles. The molecule has 2 N–H and O–H groups in total. The van der Waals surface area contributed by atoms with Gasteiger partial charge in [-0.05, 0) is 47.9 Å². The van der Waals surface area contributed by atoms with Crippen molar-refractivity contribution in [2.75, 3.05) is 5.32 Å². The zero-order chi connectivity index (χ0) is 19.3. The lowest BCUT2D eigenvalue weighted by atomic mass is 10.1. The smallest absolute Gasteiger partial charge is 0.274 e. The molecular formula is C21H16N4O3. The molecule has 3 aromatic heterocycles. The van der Waals surface area contributed by atoms with Gasteiger partial charge in [-0.3, -0.25) is 9.78 Å². The summed E-state index contributed by atoms with van der Waals surface area (Å²) in [6.45, 7) is 0.366. The van der Waals surface area contributed by atoms with Crippen LogP contribution in [0.1, 0.15) is 16.1 Å². The summed E-state index contributed by atoms with van der Waals surface area (Å²) in [5, 5.41) is 13.8. The number of benzene rings is 1. The van der Waals surface area contributed by atoms with Crippen LogP contribution in [0.2, 0.25) is 0 Å². The molecule has 1 amide bonds. The Morgan fingerprint density at radius 3 is 2.75 bits per heavy atom. The van der Waals surface area contributed by atoms with Crippen molar-refractivity contribution in [2.24, 2.45) is 0 Å². The summed E-state index contributed by atoms with van der Waals surface area (Å²) >= 11 is 0. The number of carbonyl (C=O) groups excluding carboxylic acids is 1. The maximum absolute atomic E-state index is 12.3. The third-order valence-corrected chi connectivity index (χ3v) is 4.06. The van der Waals surface area contributed by atoms with Crippen LogP contribution in [0, 0.1) is 0 Å². The van der Waals surface area contributed by atoms with Crippen molar-refractivity contribution in [3.63, 3.8) is 0 Å². The van der Waals surface area contributed by atoms with Gasteiger partial charge in [0.15, 0.2) is 0 Å². The van der Waals surface area contributed by atoms with Crippen molar-refractivity contribution < 1.29 is 14.6 Å². The second kappa shape index (κ2) is 7.71. The Bertz CT molecular complexity index is 1120. The Morgan fingerprint density at radius 2 is 1.96 bits per heavy atom. The average Bonchev–Trinajstić information content (AvgIpc) is 2.73. The normalized spacial score (nSPS) is 10.6. The van der Waals surface area contributed by atoms with Gasteiger partial charge >= 0.3 is 0 Å². The van der Waals surface area contributed by atoms with Crippen LogP contribution in [0.5, 0.6) is 11.6 Å². The highest BCUT2D eigenvalue weighted by atomic mass is 16.5. The van der Waals surface area contributed by atoms with Crippen molar-refractivity contribution in [3.8, 4) is 11.6 Å². The van der Waals surface area contributed by atoms with Crippen LogP contribution in [0.3, 0.4) is 0 Å². The van der Waals surface area contributed by atoms with Crippen molar-refractivity contribution in [3.05, 3.63) is 84.6 Å². The van der Waals surface area contributed by atoms with Crippen molar-refractivity contribution in [1.82, 2.24) is 15.0 Å². The Balaban J connectivity index is 1.53. The molecule has 7 nitrogen and oxygen atoms in total. The zero-order valence-corrected chi connectivity index (χ0v) is 14.7. The molecule has 0 aliphatic carbocycles. The Labute approximate surface area is 160 Å². The third kappa shape index (κ3) is 3.88. The van der Waals surface area contributed by atoms with E-state index in [4.69, 9.17) is 4.74 Å². The first-order chi connectivity index (χ1) is 13.7. The molecule has 0 atom stereocenters. The first kappa shape index (κ1) is 17.4. The second-order valence-corrected chi connectivity index (χ2v) is 6.06. The lowest BCUT2D eigenvalue weighted by Crippen LogP contribution is -2.13. The fourth-order valence-corrected chi connectivity index (χ4v) is 2.69. The van der Waals surface area contributed by atoms with Crippen LogP contribution >= 0.6 is 0 Å². The maximum Gasteiger partial charge on any atom is 0.274 e. The van der Waals surface area contributed by atoms with Gasteiger partial charge in [0.05, 0.1) is 6.20 Å². The van der Waals surface area contributed by atoms with Gasteiger partial charge in [0.2, 0.25) is 5.88 Å². The zero-order valence-electron chi connectivity index (χ0n) is 14.7. The van der Waals surface area contributed by atoms with Gasteiger partial charge in [-0.2, -0.15) is 0 Å². The molecular weight excluding hydrogens is 356 g/mol. The Hall–Kier alpha value is -4.00. The lowest BCUT2D eigenvalue weighted by molar-refractivity contribution is 0.102.